The molecule has 1 aromatic carbocycles. The van der Waals surface area contributed by atoms with Crippen LogP contribution in [0.2, 0.25) is 0 Å². The highest BCUT2D eigenvalue weighted by molar-refractivity contribution is 7.12. The molecule has 0 aliphatic rings. The molecule has 0 radical (unpaired) electrons. The Morgan fingerprint density at radius 2 is 1.91 bits per heavy atom. The van der Waals surface area contributed by atoms with E-state index in [9.17, 15) is 27.6 Å². The van der Waals surface area contributed by atoms with E-state index >= 15 is 0 Å². The summed E-state index contributed by atoms with van der Waals surface area (Å²) in [6.45, 7) is -0.473. The van der Waals surface area contributed by atoms with Gasteiger partial charge in [-0.3, -0.25) is 14.4 Å². The lowest BCUT2D eigenvalue weighted by Gasteiger charge is -2.15. The summed E-state index contributed by atoms with van der Waals surface area (Å²) in [7, 11) is 1.43. The zero-order valence-corrected chi connectivity index (χ0v) is 17.8. The van der Waals surface area contributed by atoms with E-state index in [0.29, 0.717) is 4.88 Å². The Balaban J connectivity index is 1.86. The van der Waals surface area contributed by atoms with Gasteiger partial charge in [0, 0.05) is 13.7 Å². The molecule has 2 aromatic rings. The summed E-state index contributed by atoms with van der Waals surface area (Å²) >= 11 is 1.25. The first-order chi connectivity index (χ1) is 15.2. The topological polar surface area (TPSA) is 103 Å². The summed E-state index contributed by atoms with van der Waals surface area (Å²) in [6, 6.07) is 5.97. The molecule has 0 fully saturated rings. The Morgan fingerprint density at radius 1 is 1.12 bits per heavy atom. The number of amides is 2. The van der Waals surface area contributed by atoms with E-state index in [2.05, 4.69) is 10.6 Å². The molecule has 2 rings (SSSR count). The van der Waals surface area contributed by atoms with Crippen molar-refractivity contribution >= 4 is 34.8 Å². The fourth-order valence-corrected chi connectivity index (χ4v) is 2.98. The molecule has 32 heavy (non-hydrogen) atoms. The van der Waals surface area contributed by atoms with Crippen LogP contribution in [0.5, 0.6) is 5.75 Å². The number of alkyl halides is 3. The summed E-state index contributed by atoms with van der Waals surface area (Å²) in [5.74, 6) is -1.94. The molecule has 0 saturated carbocycles. The third kappa shape index (κ3) is 8.19. The number of hydrogen-bond acceptors (Lipinski definition) is 7. The second-order valence-electron chi connectivity index (χ2n) is 6.24. The van der Waals surface area contributed by atoms with Crippen molar-refractivity contribution in [1.29, 1.82) is 0 Å². The highest BCUT2D eigenvalue weighted by Crippen LogP contribution is 2.35. The highest BCUT2D eigenvalue weighted by atomic mass is 32.1. The van der Waals surface area contributed by atoms with Gasteiger partial charge in [-0.1, -0.05) is 6.07 Å². The summed E-state index contributed by atoms with van der Waals surface area (Å²) in [5, 5.41) is 6.52. The van der Waals surface area contributed by atoms with Crippen molar-refractivity contribution in [1.82, 2.24) is 5.32 Å². The van der Waals surface area contributed by atoms with Crippen LogP contribution in [-0.2, 0) is 25.2 Å². The van der Waals surface area contributed by atoms with Crippen LogP contribution in [0.15, 0.2) is 35.7 Å². The predicted octanol–water partition coefficient (Wildman–Crippen LogP) is 3.09. The fourth-order valence-electron chi connectivity index (χ4n) is 2.34. The lowest BCUT2D eigenvalue weighted by atomic mass is 10.1. The van der Waals surface area contributed by atoms with Crippen molar-refractivity contribution in [2.75, 3.05) is 38.8 Å². The molecular weight excluding hydrogens is 453 g/mol. The van der Waals surface area contributed by atoms with Crippen LogP contribution in [0.3, 0.4) is 0 Å². The Bertz CT molecular complexity index is 919. The van der Waals surface area contributed by atoms with E-state index in [1.165, 1.54) is 18.4 Å². The molecule has 2 amide bonds. The maximum atomic E-state index is 13.0. The molecule has 0 unspecified atom stereocenters. The number of rotatable bonds is 11. The maximum absolute atomic E-state index is 13.0. The number of carbonyl (C=O) groups excluding carboxylic acids is 3. The monoisotopic (exact) mass is 474 g/mol. The minimum Gasteiger partial charge on any atom is -0.489 e. The average molecular weight is 474 g/mol. The number of nitrogens with one attached hydrogen (secondary N) is 2. The standard InChI is InChI=1S/C20H21F3N2O6S/c1-29-8-9-30-15-5-4-13(20(21,22)23)11-14(15)25-17(26)12-31-18(27)6-7-24-19(28)16-3-2-10-32-16/h2-5,10-11H,6-9,12H2,1H3,(H,24,28)(H,25,26). The van der Waals surface area contributed by atoms with E-state index in [4.69, 9.17) is 14.2 Å². The van der Waals surface area contributed by atoms with E-state index in [-0.39, 0.29) is 43.5 Å². The van der Waals surface area contributed by atoms with Crippen molar-refractivity contribution < 1.29 is 41.8 Å². The van der Waals surface area contributed by atoms with Crippen LogP contribution < -0.4 is 15.4 Å². The van der Waals surface area contributed by atoms with Gasteiger partial charge in [0.25, 0.3) is 11.8 Å². The van der Waals surface area contributed by atoms with Crippen molar-refractivity contribution in [2.45, 2.75) is 12.6 Å². The molecular formula is C20H21F3N2O6S. The van der Waals surface area contributed by atoms with Crippen molar-refractivity contribution in [2.24, 2.45) is 0 Å². The molecule has 0 atom stereocenters. The molecule has 0 bridgehead atoms. The van der Waals surface area contributed by atoms with E-state index in [0.717, 1.165) is 18.2 Å². The van der Waals surface area contributed by atoms with Gasteiger partial charge in [-0.15, -0.1) is 11.3 Å². The number of ether oxygens (including phenoxy) is 3. The van der Waals surface area contributed by atoms with Crippen LogP contribution in [-0.4, -0.2) is 51.3 Å². The van der Waals surface area contributed by atoms with Gasteiger partial charge >= 0.3 is 12.1 Å². The molecule has 2 N–H and O–H groups in total. The predicted molar refractivity (Wildman–Crippen MR) is 110 cm³/mol. The normalized spacial score (nSPS) is 11.0. The Labute approximate surface area is 185 Å². The van der Waals surface area contributed by atoms with E-state index in [1.54, 1.807) is 17.5 Å². The largest absolute Gasteiger partial charge is 0.489 e. The summed E-state index contributed by atoms with van der Waals surface area (Å²) in [4.78, 5) is 36.1. The third-order valence-electron chi connectivity index (χ3n) is 3.85. The first kappa shape index (κ1) is 25.1. The highest BCUT2D eigenvalue weighted by Gasteiger charge is 2.31. The summed E-state index contributed by atoms with van der Waals surface area (Å²) < 4.78 is 53.9. The lowest BCUT2D eigenvalue weighted by Crippen LogP contribution is -2.27. The molecule has 1 heterocycles. The number of methoxy groups -OCH3 is 1. The number of hydrogen-bond donors (Lipinski definition) is 2. The third-order valence-corrected chi connectivity index (χ3v) is 4.72. The van der Waals surface area contributed by atoms with Crippen LogP contribution in [0.4, 0.5) is 18.9 Å². The fraction of sp³-hybridized carbons (Fsp3) is 0.350. The number of esters is 1. The van der Waals surface area contributed by atoms with E-state index < -0.39 is 30.2 Å². The minimum absolute atomic E-state index is 0.00228. The van der Waals surface area contributed by atoms with Crippen LogP contribution in [0.25, 0.3) is 0 Å². The molecule has 0 aliphatic carbocycles. The van der Waals surface area contributed by atoms with Gasteiger partial charge in [0.05, 0.1) is 29.2 Å². The Kier molecular flexibility index (Phi) is 9.47. The molecule has 174 valence electrons. The average Bonchev–Trinajstić information content (AvgIpc) is 3.27. The lowest BCUT2D eigenvalue weighted by molar-refractivity contribution is -0.147. The Morgan fingerprint density at radius 3 is 2.56 bits per heavy atom. The quantitative estimate of drug-likeness (QED) is 0.383. The van der Waals surface area contributed by atoms with Crippen LogP contribution in [0.1, 0.15) is 21.7 Å². The minimum atomic E-state index is -4.62. The molecule has 0 spiro atoms. The van der Waals surface area contributed by atoms with Crippen LogP contribution in [0, 0.1) is 0 Å². The number of thiophene rings is 1. The smallest absolute Gasteiger partial charge is 0.416 e. The van der Waals surface area contributed by atoms with Gasteiger partial charge in [-0.25, -0.2) is 0 Å². The summed E-state index contributed by atoms with van der Waals surface area (Å²) in [6.07, 6.45) is -4.80. The zero-order valence-electron chi connectivity index (χ0n) is 17.0. The number of halogens is 3. The number of carbonyl (C=O) groups is 3. The Hall–Kier alpha value is -3.12. The van der Waals surface area contributed by atoms with E-state index in [1.807, 2.05) is 0 Å². The SMILES string of the molecule is COCCOc1ccc(C(F)(F)F)cc1NC(=O)COC(=O)CCNC(=O)c1cccs1. The van der Waals surface area contributed by atoms with Gasteiger partial charge in [0.2, 0.25) is 0 Å². The first-order valence-corrected chi connectivity index (χ1v) is 10.2. The molecule has 8 nitrogen and oxygen atoms in total. The first-order valence-electron chi connectivity index (χ1n) is 9.31. The van der Waals surface area contributed by atoms with Gasteiger partial charge in [-0.2, -0.15) is 13.2 Å². The summed E-state index contributed by atoms with van der Waals surface area (Å²) in [5.41, 5.74) is -1.20. The second-order valence-corrected chi connectivity index (χ2v) is 7.19. The molecule has 0 saturated heterocycles. The van der Waals surface area contributed by atoms with Crippen molar-refractivity contribution in [3.8, 4) is 5.75 Å². The maximum Gasteiger partial charge on any atom is 0.416 e. The molecule has 0 aliphatic heterocycles. The van der Waals surface area contributed by atoms with Gasteiger partial charge in [0.1, 0.15) is 12.4 Å². The molecule has 12 heteroatoms. The number of benzene rings is 1. The molecule has 1 aromatic heterocycles. The van der Waals surface area contributed by atoms with Crippen molar-refractivity contribution in [3.05, 3.63) is 46.2 Å². The van der Waals surface area contributed by atoms with Crippen LogP contribution >= 0.6 is 11.3 Å². The second kappa shape index (κ2) is 12.1. The van der Waals surface area contributed by atoms with Gasteiger partial charge in [-0.05, 0) is 29.6 Å². The van der Waals surface area contributed by atoms with Gasteiger partial charge in [0.15, 0.2) is 6.61 Å². The zero-order chi connectivity index (χ0) is 23.6. The van der Waals surface area contributed by atoms with Crippen molar-refractivity contribution in [3.63, 3.8) is 0 Å². The number of anilines is 1. The van der Waals surface area contributed by atoms with Gasteiger partial charge < -0.3 is 24.8 Å².